The third kappa shape index (κ3) is 6.00. The molecule has 4 rings (SSSR count). The van der Waals surface area contributed by atoms with E-state index in [1.54, 1.807) is 42.5 Å². The minimum atomic E-state index is -3.88. The third-order valence-electron chi connectivity index (χ3n) is 6.99. The fourth-order valence-electron chi connectivity index (χ4n) is 5.26. The molecule has 0 aromatic heterocycles. The number of hydrogen-bond donors (Lipinski definition) is 5. The van der Waals surface area contributed by atoms with Gasteiger partial charge in [-0.1, -0.05) is 74.2 Å². The number of urea groups is 1. The Hall–Kier alpha value is -3.69. The molecule has 1 aliphatic carbocycles. The maximum Gasteiger partial charge on any atom is 0.319 e. The fourth-order valence-corrected chi connectivity index (χ4v) is 6.02. The Kier molecular flexibility index (Phi) is 7.65. The van der Waals surface area contributed by atoms with Gasteiger partial charge in [-0.25, -0.2) is 18.4 Å². The van der Waals surface area contributed by atoms with E-state index in [1.807, 2.05) is 25.1 Å². The van der Waals surface area contributed by atoms with Crippen molar-refractivity contribution < 1.29 is 13.2 Å². The second-order valence-corrected chi connectivity index (χ2v) is 11.2. The number of anilines is 1. The van der Waals surface area contributed by atoms with Crippen LogP contribution >= 0.6 is 0 Å². The van der Waals surface area contributed by atoms with Gasteiger partial charge in [-0.3, -0.25) is 5.41 Å². The molecule has 9 heteroatoms. The van der Waals surface area contributed by atoms with E-state index in [1.165, 1.54) is 6.07 Å². The summed E-state index contributed by atoms with van der Waals surface area (Å²) < 4.78 is 24.3. The van der Waals surface area contributed by atoms with Gasteiger partial charge in [-0.2, -0.15) is 0 Å². The van der Waals surface area contributed by atoms with Crippen LogP contribution in [0, 0.1) is 12.3 Å². The van der Waals surface area contributed by atoms with Crippen molar-refractivity contribution in [1.29, 1.82) is 5.41 Å². The molecule has 1 saturated carbocycles. The number of carbonyl (C=O) groups is 1. The highest BCUT2D eigenvalue weighted by Gasteiger charge is 2.36. The van der Waals surface area contributed by atoms with E-state index >= 15 is 0 Å². The molecule has 1 aliphatic rings. The summed E-state index contributed by atoms with van der Waals surface area (Å²) in [5, 5.41) is 19.3. The maximum atomic E-state index is 13.2. The molecule has 0 aliphatic heterocycles. The summed E-state index contributed by atoms with van der Waals surface area (Å²) in [5.74, 6) is -0.0657. The number of nitrogen functional groups attached to an aromatic ring is 1. The summed E-state index contributed by atoms with van der Waals surface area (Å²) in [6.45, 7) is 1.99. The van der Waals surface area contributed by atoms with E-state index in [9.17, 15) is 13.2 Å². The van der Waals surface area contributed by atoms with E-state index in [-0.39, 0.29) is 16.8 Å². The lowest BCUT2D eigenvalue weighted by atomic mass is 9.79. The molecule has 3 aromatic carbocycles. The Balaban J connectivity index is 1.68. The van der Waals surface area contributed by atoms with Crippen LogP contribution in [0.2, 0.25) is 0 Å². The molecule has 0 atom stereocenters. The van der Waals surface area contributed by atoms with Crippen LogP contribution in [-0.4, -0.2) is 20.3 Å². The van der Waals surface area contributed by atoms with Crippen LogP contribution in [0.4, 0.5) is 10.5 Å². The molecular weight excluding hydrogens is 486 g/mol. The van der Waals surface area contributed by atoms with Crippen molar-refractivity contribution in [3.63, 3.8) is 0 Å². The lowest BCUT2D eigenvalue weighted by Crippen LogP contribution is -2.48. The van der Waals surface area contributed by atoms with Crippen molar-refractivity contribution >= 4 is 27.6 Å². The highest BCUT2D eigenvalue weighted by atomic mass is 32.2. The van der Waals surface area contributed by atoms with Gasteiger partial charge in [-0.15, -0.1) is 0 Å². The van der Waals surface area contributed by atoms with Crippen molar-refractivity contribution in [2.75, 3.05) is 5.32 Å². The highest BCUT2D eigenvalue weighted by Crippen LogP contribution is 2.39. The number of sulfonamides is 1. The third-order valence-corrected chi connectivity index (χ3v) is 7.96. The quantitative estimate of drug-likeness (QED) is 0.177. The zero-order valence-electron chi connectivity index (χ0n) is 20.9. The Morgan fingerprint density at radius 1 is 0.946 bits per heavy atom. The minimum Gasteiger partial charge on any atom is -0.384 e. The second kappa shape index (κ2) is 10.7. The first-order valence-corrected chi connectivity index (χ1v) is 13.9. The summed E-state index contributed by atoms with van der Waals surface area (Å²) >= 11 is 0. The van der Waals surface area contributed by atoms with Crippen LogP contribution < -0.4 is 21.5 Å². The van der Waals surface area contributed by atoms with Crippen LogP contribution in [-0.2, 0) is 15.6 Å². The van der Waals surface area contributed by atoms with E-state index in [2.05, 4.69) is 10.6 Å². The first-order valence-electron chi connectivity index (χ1n) is 12.4. The SMILES string of the molecule is Cc1cc(-c2ccccc2S(N)(=O)=O)ccc1C1(NC(=O)Nc2cccc(C(=N)N)c2)CCCCCC1. The maximum absolute atomic E-state index is 13.2. The van der Waals surface area contributed by atoms with Gasteiger partial charge in [-0.05, 0) is 54.7 Å². The van der Waals surface area contributed by atoms with E-state index in [0.717, 1.165) is 55.2 Å². The van der Waals surface area contributed by atoms with E-state index in [0.29, 0.717) is 16.8 Å². The highest BCUT2D eigenvalue weighted by molar-refractivity contribution is 7.89. The number of hydrogen-bond acceptors (Lipinski definition) is 4. The van der Waals surface area contributed by atoms with Gasteiger partial charge in [0.2, 0.25) is 10.0 Å². The molecule has 8 nitrogen and oxygen atoms in total. The van der Waals surface area contributed by atoms with Crippen LogP contribution in [0.3, 0.4) is 0 Å². The number of carbonyl (C=O) groups excluding carboxylic acids is 1. The topological polar surface area (TPSA) is 151 Å². The summed E-state index contributed by atoms with van der Waals surface area (Å²) in [4.78, 5) is 13.3. The van der Waals surface area contributed by atoms with Crippen molar-refractivity contribution in [2.45, 2.75) is 55.9 Å². The van der Waals surface area contributed by atoms with Gasteiger partial charge < -0.3 is 16.4 Å². The number of primary sulfonamides is 1. The van der Waals surface area contributed by atoms with Crippen molar-refractivity contribution in [3.05, 3.63) is 83.4 Å². The number of amides is 2. The van der Waals surface area contributed by atoms with Gasteiger partial charge in [0.1, 0.15) is 5.84 Å². The first-order chi connectivity index (χ1) is 17.6. The number of amidine groups is 1. The normalized spacial score (nSPS) is 15.4. The molecule has 3 aromatic rings. The molecular formula is C28H33N5O3S. The zero-order valence-corrected chi connectivity index (χ0v) is 21.7. The summed E-state index contributed by atoms with van der Waals surface area (Å²) in [6, 6.07) is 19.1. The monoisotopic (exact) mass is 519 g/mol. The molecule has 0 spiro atoms. The Bertz CT molecular complexity index is 1430. The first kappa shape index (κ1) is 26.4. The van der Waals surface area contributed by atoms with Gasteiger partial charge >= 0.3 is 6.03 Å². The molecule has 1 fully saturated rings. The average molecular weight is 520 g/mol. The zero-order chi connectivity index (χ0) is 26.6. The van der Waals surface area contributed by atoms with Crippen molar-refractivity contribution in [2.24, 2.45) is 10.9 Å². The molecule has 0 heterocycles. The van der Waals surface area contributed by atoms with Gasteiger partial charge in [0.05, 0.1) is 10.4 Å². The van der Waals surface area contributed by atoms with Crippen molar-refractivity contribution in [3.8, 4) is 11.1 Å². The molecule has 0 saturated heterocycles. The predicted molar refractivity (Wildman–Crippen MR) is 147 cm³/mol. The number of benzene rings is 3. The largest absolute Gasteiger partial charge is 0.384 e. The fraction of sp³-hybridized carbons (Fsp3) is 0.286. The lowest BCUT2D eigenvalue weighted by Gasteiger charge is -2.36. The van der Waals surface area contributed by atoms with Crippen LogP contribution in [0.25, 0.3) is 11.1 Å². The summed E-state index contributed by atoms with van der Waals surface area (Å²) in [7, 11) is -3.88. The Morgan fingerprint density at radius 2 is 1.65 bits per heavy atom. The molecule has 37 heavy (non-hydrogen) atoms. The predicted octanol–water partition coefficient (Wildman–Crippen LogP) is 4.96. The van der Waals surface area contributed by atoms with Crippen LogP contribution in [0.1, 0.15) is 55.2 Å². The van der Waals surface area contributed by atoms with Crippen LogP contribution in [0.15, 0.2) is 71.6 Å². The van der Waals surface area contributed by atoms with Gasteiger partial charge in [0.15, 0.2) is 0 Å². The summed E-state index contributed by atoms with van der Waals surface area (Å²) in [5.41, 5.74) is 9.39. The van der Waals surface area contributed by atoms with Gasteiger partial charge in [0.25, 0.3) is 0 Å². The standard InChI is InChI=1S/C28H33N5O3S/c1-19-17-20(23-11-4-5-12-25(23)37(31,35)36)13-14-24(19)28(15-6-2-3-7-16-28)33-27(34)32-22-10-8-9-21(18-22)26(29)30/h4-5,8-14,17-18H,2-3,6-7,15-16H2,1H3,(H3,29,30)(H2,31,35,36)(H2,32,33,34). The Labute approximate surface area is 218 Å². The van der Waals surface area contributed by atoms with Crippen LogP contribution in [0.5, 0.6) is 0 Å². The Morgan fingerprint density at radius 3 is 2.30 bits per heavy atom. The molecule has 0 unspecified atom stereocenters. The lowest BCUT2D eigenvalue weighted by molar-refractivity contribution is 0.228. The summed E-state index contributed by atoms with van der Waals surface area (Å²) in [6.07, 6.45) is 5.75. The average Bonchev–Trinajstić information content (AvgIpc) is 3.09. The molecule has 2 amide bonds. The number of nitrogens with one attached hydrogen (secondary N) is 3. The number of nitrogens with two attached hydrogens (primary N) is 2. The van der Waals surface area contributed by atoms with E-state index < -0.39 is 15.6 Å². The number of aryl methyl sites for hydroxylation is 1. The molecule has 7 N–H and O–H groups in total. The molecule has 0 radical (unpaired) electrons. The number of rotatable bonds is 6. The van der Waals surface area contributed by atoms with Crippen molar-refractivity contribution in [1.82, 2.24) is 5.32 Å². The molecule has 194 valence electrons. The minimum absolute atomic E-state index is 0.0657. The smallest absolute Gasteiger partial charge is 0.319 e. The second-order valence-electron chi connectivity index (χ2n) is 9.64. The molecule has 0 bridgehead atoms. The van der Waals surface area contributed by atoms with E-state index in [4.69, 9.17) is 16.3 Å². The van der Waals surface area contributed by atoms with Gasteiger partial charge in [0, 0.05) is 16.8 Å².